The van der Waals surface area contributed by atoms with Crippen molar-refractivity contribution in [3.8, 4) is 0 Å². The van der Waals surface area contributed by atoms with Gasteiger partial charge in [0.1, 0.15) is 5.60 Å². The van der Waals surface area contributed by atoms with Gasteiger partial charge < -0.3 is 14.6 Å². The van der Waals surface area contributed by atoms with E-state index in [0.29, 0.717) is 0 Å². The molecule has 0 atom stereocenters. The van der Waals surface area contributed by atoms with Crippen LogP contribution >= 0.6 is 0 Å². The smallest absolute Gasteiger partial charge is 0.426 e. The molecular formula is C16H22F6O5. The second-order valence-corrected chi connectivity index (χ2v) is 7.11. The molecule has 0 aliphatic heterocycles. The average molecular weight is 408 g/mol. The van der Waals surface area contributed by atoms with Crippen molar-refractivity contribution in [3.63, 3.8) is 0 Å². The Morgan fingerprint density at radius 1 is 0.926 bits per heavy atom. The molecule has 1 aliphatic carbocycles. The van der Waals surface area contributed by atoms with Gasteiger partial charge in [-0.1, -0.05) is 19.3 Å². The number of rotatable bonds is 6. The van der Waals surface area contributed by atoms with Crippen molar-refractivity contribution < 1.29 is 50.5 Å². The summed E-state index contributed by atoms with van der Waals surface area (Å²) in [6.07, 6.45) is -10.1. The van der Waals surface area contributed by atoms with Gasteiger partial charge in [-0.15, -0.1) is 0 Å². The van der Waals surface area contributed by atoms with E-state index in [2.05, 4.69) is 4.74 Å². The van der Waals surface area contributed by atoms with Crippen molar-refractivity contribution in [2.24, 2.45) is 5.92 Å². The second-order valence-electron chi connectivity index (χ2n) is 7.11. The predicted octanol–water partition coefficient (Wildman–Crippen LogP) is 3.68. The zero-order chi connectivity index (χ0) is 21.1. The standard InChI is InChI=1S/C16H22F6O5/c1-13(2,10-6-4-3-5-7-10)27-12(24)9-26-11(23)8-14(25,15(17,18)19)16(20,21)22/h10,25H,3-9H2,1-2H3. The Labute approximate surface area is 152 Å². The largest absolute Gasteiger partial charge is 0.457 e. The molecule has 0 saturated heterocycles. The van der Waals surface area contributed by atoms with Gasteiger partial charge in [0.25, 0.3) is 5.60 Å². The van der Waals surface area contributed by atoms with Crippen LogP contribution in [0.3, 0.4) is 0 Å². The number of halogens is 6. The molecule has 158 valence electrons. The Morgan fingerprint density at radius 2 is 1.41 bits per heavy atom. The van der Waals surface area contributed by atoms with E-state index in [4.69, 9.17) is 9.84 Å². The van der Waals surface area contributed by atoms with Crippen molar-refractivity contribution in [2.75, 3.05) is 6.61 Å². The van der Waals surface area contributed by atoms with Crippen molar-refractivity contribution >= 4 is 11.9 Å². The number of esters is 2. The highest BCUT2D eigenvalue weighted by atomic mass is 19.4. The van der Waals surface area contributed by atoms with E-state index in [9.17, 15) is 35.9 Å². The number of carbonyl (C=O) groups is 2. The molecule has 27 heavy (non-hydrogen) atoms. The summed E-state index contributed by atoms with van der Waals surface area (Å²) >= 11 is 0. The van der Waals surface area contributed by atoms with Gasteiger partial charge in [-0.25, -0.2) is 4.79 Å². The molecule has 1 aliphatic rings. The molecule has 1 N–H and O–H groups in total. The number of ether oxygens (including phenoxy) is 2. The number of carbonyl (C=O) groups excluding carboxylic acids is 2. The normalized spacial score (nSPS) is 17.5. The highest BCUT2D eigenvalue weighted by molar-refractivity contribution is 5.77. The SMILES string of the molecule is CC(C)(OC(=O)COC(=O)CC(O)(C(F)(F)F)C(F)(F)F)C1CCCCC1. The van der Waals surface area contributed by atoms with Crippen LogP contribution in [-0.4, -0.2) is 47.2 Å². The van der Waals surface area contributed by atoms with Gasteiger partial charge in [-0.05, 0) is 32.6 Å². The van der Waals surface area contributed by atoms with E-state index >= 15 is 0 Å². The first-order valence-electron chi connectivity index (χ1n) is 8.33. The molecule has 11 heteroatoms. The number of hydrogen-bond acceptors (Lipinski definition) is 5. The number of hydrogen-bond donors (Lipinski definition) is 1. The Kier molecular flexibility index (Phi) is 7.17. The summed E-state index contributed by atoms with van der Waals surface area (Å²) < 4.78 is 84.4. The van der Waals surface area contributed by atoms with E-state index in [1.165, 1.54) is 0 Å². The molecule has 5 nitrogen and oxygen atoms in total. The summed E-state index contributed by atoms with van der Waals surface area (Å²) in [6, 6.07) is 0. The molecule has 0 aromatic rings. The van der Waals surface area contributed by atoms with Crippen LogP contribution in [0.25, 0.3) is 0 Å². The van der Waals surface area contributed by atoms with E-state index < -0.39 is 48.5 Å². The molecule has 1 saturated carbocycles. The van der Waals surface area contributed by atoms with Crippen molar-refractivity contribution in [3.05, 3.63) is 0 Å². The first kappa shape index (κ1) is 23.5. The highest BCUT2D eigenvalue weighted by Gasteiger charge is 2.71. The molecular weight excluding hydrogens is 386 g/mol. The van der Waals surface area contributed by atoms with Gasteiger partial charge in [-0.3, -0.25) is 4.79 Å². The third-order valence-corrected chi connectivity index (χ3v) is 4.65. The predicted molar refractivity (Wildman–Crippen MR) is 79.4 cm³/mol. The summed E-state index contributed by atoms with van der Waals surface area (Å²) in [7, 11) is 0. The van der Waals surface area contributed by atoms with Crippen molar-refractivity contribution in [1.82, 2.24) is 0 Å². The van der Waals surface area contributed by atoms with Crippen LogP contribution in [0, 0.1) is 5.92 Å². The van der Waals surface area contributed by atoms with Gasteiger partial charge >= 0.3 is 24.3 Å². The topological polar surface area (TPSA) is 72.8 Å². The minimum Gasteiger partial charge on any atom is -0.457 e. The lowest BCUT2D eigenvalue weighted by Crippen LogP contribution is -2.58. The van der Waals surface area contributed by atoms with Crippen LogP contribution in [0.5, 0.6) is 0 Å². The lowest BCUT2D eigenvalue weighted by molar-refractivity contribution is -0.368. The summed E-state index contributed by atoms with van der Waals surface area (Å²) in [5.74, 6) is -3.08. The first-order valence-corrected chi connectivity index (χ1v) is 8.33. The molecule has 0 heterocycles. The van der Waals surface area contributed by atoms with Crippen LogP contribution in [0.1, 0.15) is 52.4 Å². The summed E-state index contributed by atoms with van der Waals surface area (Å²) in [6.45, 7) is 2.12. The molecule has 0 spiro atoms. The quantitative estimate of drug-likeness (QED) is 0.536. The number of aliphatic hydroxyl groups is 1. The van der Waals surface area contributed by atoms with Gasteiger partial charge in [-0.2, -0.15) is 26.3 Å². The van der Waals surface area contributed by atoms with Crippen molar-refractivity contribution in [1.29, 1.82) is 0 Å². The maximum atomic E-state index is 12.5. The Balaban J connectivity index is 2.61. The highest BCUT2D eigenvalue weighted by Crippen LogP contribution is 2.45. The van der Waals surface area contributed by atoms with Crippen LogP contribution in [0.4, 0.5) is 26.3 Å². The van der Waals surface area contributed by atoms with Crippen LogP contribution < -0.4 is 0 Å². The van der Waals surface area contributed by atoms with E-state index in [0.717, 1.165) is 32.1 Å². The van der Waals surface area contributed by atoms with Gasteiger partial charge in [0.15, 0.2) is 6.61 Å². The lowest BCUT2D eigenvalue weighted by Gasteiger charge is -2.36. The van der Waals surface area contributed by atoms with Gasteiger partial charge in [0.05, 0.1) is 6.42 Å². The zero-order valence-corrected chi connectivity index (χ0v) is 14.9. The molecule has 0 amide bonds. The van der Waals surface area contributed by atoms with Gasteiger partial charge in [0, 0.05) is 0 Å². The third-order valence-electron chi connectivity index (χ3n) is 4.65. The lowest BCUT2D eigenvalue weighted by atomic mass is 9.79. The molecule has 1 rings (SSSR count). The van der Waals surface area contributed by atoms with Crippen LogP contribution in [0.15, 0.2) is 0 Å². The first-order chi connectivity index (χ1) is 12.1. The molecule has 0 unspecified atom stereocenters. The fourth-order valence-electron chi connectivity index (χ4n) is 2.96. The molecule has 0 bridgehead atoms. The van der Waals surface area contributed by atoms with E-state index in [1.807, 2.05) is 0 Å². The fraction of sp³-hybridized carbons (Fsp3) is 0.875. The zero-order valence-electron chi connectivity index (χ0n) is 14.9. The van der Waals surface area contributed by atoms with E-state index in [-0.39, 0.29) is 5.92 Å². The van der Waals surface area contributed by atoms with Crippen LogP contribution in [0.2, 0.25) is 0 Å². The minimum atomic E-state index is -6.15. The Hall–Kier alpha value is -1.52. The monoisotopic (exact) mass is 408 g/mol. The number of alkyl halides is 6. The average Bonchev–Trinajstić information content (AvgIpc) is 2.51. The van der Waals surface area contributed by atoms with Crippen molar-refractivity contribution in [2.45, 2.75) is 75.9 Å². The Morgan fingerprint density at radius 3 is 1.85 bits per heavy atom. The molecule has 1 fully saturated rings. The van der Waals surface area contributed by atoms with Crippen LogP contribution in [-0.2, 0) is 19.1 Å². The summed E-state index contributed by atoms with van der Waals surface area (Å²) in [5.41, 5.74) is -6.18. The third kappa shape index (κ3) is 5.98. The molecule has 0 aromatic heterocycles. The van der Waals surface area contributed by atoms with Gasteiger partial charge in [0.2, 0.25) is 0 Å². The fourth-order valence-corrected chi connectivity index (χ4v) is 2.96. The molecule has 0 radical (unpaired) electrons. The Bertz CT molecular complexity index is 520. The second kappa shape index (κ2) is 8.24. The summed E-state index contributed by atoms with van der Waals surface area (Å²) in [4.78, 5) is 23.1. The maximum absolute atomic E-state index is 12.5. The van der Waals surface area contributed by atoms with E-state index in [1.54, 1.807) is 13.8 Å². The summed E-state index contributed by atoms with van der Waals surface area (Å²) in [5, 5.41) is 8.91. The maximum Gasteiger partial charge on any atom is 0.426 e. The minimum absolute atomic E-state index is 0.0476. The molecule has 0 aromatic carbocycles.